The molecular formula is C13H17N5O4. The smallest absolute Gasteiger partial charge is 0.409 e. The molecule has 0 bridgehead atoms. The number of benzene rings is 1. The molecule has 0 aromatic heterocycles. The minimum absolute atomic E-state index is 0.0157. The molecule has 2 rings (SSSR count). The molecule has 118 valence electrons. The van der Waals surface area contributed by atoms with Gasteiger partial charge in [-0.25, -0.2) is 4.79 Å². The molecule has 1 aromatic carbocycles. The number of amides is 1. The molecule has 1 aliphatic heterocycles. The topological polar surface area (TPSA) is 101 Å². The van der Waals surface area contributed by atoms with Gasteiger partial charge in [0.25, 0.3) is 5.69 Å². The lowest BCUT2D eigenvalue weighted by atomic mass is 10.3. The highest BCUT2D eigenvalue weighted by Gasteiger charge is 2.21. The standard InChI is InChI=1S/C13H17N5O4/c1-2-22-13(19)16-7-9-17(10-8-16)15-14-11-3-5-12(6-4-11)18(20)21/h3-6H,2,7-10H2,1H3. The average Bonchev–Trinajstić information content (AvgIpc) is 2.54. The second-order valence-electron chi connectivity index (χ2n) is 4.60. The molecule has 0 aliphatic carbocycles. The van der Waals surface area contributed by atoms with Gasteiger partial charge in [0.2, 0.25) is 0 Å². The summed E-state index contributed by atoms with van der Waals surface area (Å²) in [6.45, 7) is 4.31. The molecule has 9 heteroatoms. The highest BCUT2D eigenvalue weighted by molar-refractivity contribution is 5.67. The van der Waals surface area contributed by atoms with E-state index in [-0.39, 0.29) is 11.8 Å². The lowest BCUT2D eigenvalue weighted by Gasteiger charge is -2.31. The zero-order chi connectivity index (χ0) is 15.9. The van der Waals surface area contributed by atoms with E-state index in [1.54, 1.807) is 16.8 Å². The van der Waals surface area contributed by atoms with Crippen molar-refractivity contribution in [1.29, 1.82) is 0 Å². The van der Waals surface area contributed by atoms with Gasteiger partial charge < -0.3 is 9.64 Å². The van der Waals surface area contributed by atoms with Crippen LogP contribution in [0.15, 0.2) is 34.6 Å². The fourth-order valence-electron chi connectivity index (χ4n) is 1.94. The number of hydrogen-bond donors (Lipinski definition) is 0. The van der Waals surface area contributed by atoms with Gasteiger partial charge in [0, 0.05) is 25.2 Å². The van der Waals surface area contributed by atoms with Crippen LogP contribution in [0.3, 0.4) is 0 Å². The molecule has 0 atom stereocenters. The van der Waals surface area contributed by atoms with Crippen molar-refractivity contribution in [3.63, 3.8) is 0 Å². The third-order valence-electron chi connectivity index (χ3n) is 3.13. The maximum absolute atomic E-state index is 11.5. The summed E-state index contributed by atoms with van der Waals surface area (Å²) < 4.78 is 4.94. The monoisotopic (exact) mass is 307 g/mol. The van der Waals surface area contributed by atoms with Gasteiger partial charge in [0.05, 0.1) is 30.3 Å². The number of carbonyl (C=O) groups excluding carboxylic acids is 1. The number of rotatable bonds is 4. The first-order chi connectivity index (χ1) is 10.6. The van der Waals surface area contributed by atoms with E-state index in [9.17, 15) is 14.9 Å². The van der Waals surface area contributed by atoms with Gasteiger partial charge in [0.1, 0.15) is 0 Å². The summed E-state index contributed by atoms with van der Waals surface area (Å²) in [5.74, 6) is 0. The van der Waals surface area contributed by atoms with Gasteiger partial charge in [-0.2, -0.15) is 0 Å². The van der Waals surface area contributed by atoms with E-state index in [1.165, 1.54) is 24.3 Å². The van der Waals surface area contributed by atoms with Crippen LogP contribution >= 0.6 is 0 Å². The van der Waals surface area contributed by atoms with E-state index >= 15 is 0 Å². The number of ether oxygens (including phenoxy) is 1. The number of nitro groups is 1. The predicted octanol–water partition coefficient (Wildman–Crippen LogP) is 2.37. The van der Waals surface area contributed by atoms with Crippen molar-refractivity contribution >= 4 is 17.5 Å². The average molecular weight is 307 g/mol. The Labute approximate surface area is 127 Å². The highest BCUT2D eigenvalue weighted by atomic mass is 16.6. The number of nitro benzene ring substituents is 1. The first kappa shape index (κ1) is 15.7. The fraction of sp³-hybridized carbons (Fsp3) is 0.462. The van der Waals surface area contributed by atoms with Crippen LogP contribution in [-0.4, -0.2) is 53.7 Å². The molecule has 22 heavy (non-hydrogen) atoms. The van der Waals surface area contributed by atoms with Gasteiger partial charge in [-0.3, -0.25) is 15.1 Å². The van der Waals surface area contributed by atoms with Crippen molar-refractivity contribution < 1.29 is 14.5 Å². The summed E-state index contributed by atoms with van der Waals surface area (Å²) in [5.41, 5.74) is 0.556. The van der Waals surface area contributed by atoms with Crippen molar-refractivity contribution in [3.05, 3.63) is 34.4 Å². The Morgan fingerprint density at radius 1 is 1.27 bits per heavy atom. The third-order valence-corrected chi connectivity index (χ3v) is 3.13. The molecule has 0 radical (unpaired) electrons. The van der Waals surface area contributed by atoms with Crippen LogP contribution in [0.1, 0.15) is 6.92 Å². The van der Waals surface area contributed by atoms with Crippen LogP contribution in [0.4, 0.5) is 16.2 Å². The van der Waals surface area contributed by atoms with Crippen LogP contribution in [0.25, 0.3) is 0 Å². The Morgan fingerprint density at radius 2 is 1.91 bits per heavy atom. The number of hydrogen-bond acceptors (Lipinski definition) is 6. The summed E-state index contributed by atoms with van der Waals surface area (Å²) in [5, 5.41) is 20.4. The molecule has 1 saturated heterocycles. The first-order valence-electron chi connectivity index (χ1n) is 6.93. The Kier molecular flexibility index (Phi) is 5.23. The van der Waals surface area contributed by atoms with Crippen molar-refractivity contribution in [3.8, 4) is 0 Å². The van der Waals surface area contributed by atoms with E-state index in [2.05, 4.69) is 10.3 Å². The van der Waals surface area contributed by atoms with Gasteiger partial charge in [-0.05, 0) is 19.1 Å². The predicted molar refractivity (Wildman–Crippen MR) is 77.8 cm³/mol. The highest BCUT2D eigenvalue weighted by Crippen LogP contribution is 2.18. The summed E-state index contributed by atoms with van der Waals surface area (Å²) in [7, 11) is 0. The Bertz CT molecular complexity index is 552. The normalized spacial score (nSPS) is 15.1. The number of piperazine rings is 1. The Morgan fingerprint density at radius 3 is 2.45 bits per heavy atom. The maximum atomic E-state index is 11.5. The van der Waals surface area contributed by atoms with Gasteiger partial charge in [-0.1, -0.05) is 5.22 Å². The SMILES string of the molecule is CCOC(=O)N1CCN(N=Nc2ccc([N+](=O)[O-])cc2)CC1. The second-order valence-corrected chi connectivity index (χ2v) is 4.60. The zero-order valence-electron chi connectivity index (χ0n) is 12.2. The summed E-state index contributed by atoms with van der Waals surface area (Å²) >= 11 is 0. The minimum Gasteiger partial charge on any atom is -0.450 e. The molecule has 1 heterocycles. The van der Waals surface area contributed by atoms with Crippen LogP contribution in [0.5, 0.6) is 0 Å². The molecule has 1 aliphatic rings. The molecule has 0 saturated carbocycles. The van der Waals surface area contributed by atoms with Crippen molar-refractivity contribution in [2.45, 2.75) is 6.92 Å². The van der Waals surface area contributed by atoms with E-state index in [0.29, 0.717) is 38.5 Å². The third kappa shape index (κ3) is 4.14. The van der Waals surface area contributed by atoms with Gasteiger partial charge in [-0.15, -0.1) is 5.11 Å². The van der Waals surface area contributed by atoms with Crippen molar-refractivity contribution in [2.75, 3.05) is 32.8 Å². The van der Waals surface area contributed by atoms with Gasteiger partial charge in [0.15, 0.2) is 0 Å². The zero-order valence-corrected chi connectivity index (χ0v) is 12.2. The van der Waals surface area contributed by atoms with Crippen molar-refractivity contribution in [2.24, 2.45) is 10.3 Å². The van der Waals surface area contributed by atoms with Crippen molar-refractivity contribution in [1.82, 2.24) is 9.91 Å². The van der Waals surface area contributed by atoms with E-state index in [4.69, 9.17) is 4.74 Å². The summed E-state index contributed by atoms with van der Waals surface area (Å²) in [6, 6.07) is 5.84. The lowest BCUT2D eigenvalue weighted by Crippen LogP contribution is -2.46. The molecule has 1 amide bonds. The number of carbonyl (C=O) groups is 1. The first-order valence-corrected chi connectivity index (χ1v) is 6.93. The maximum Gasteiger partial charge on any atom is 0.409 e. The van der Waals surface area contributed by atoms with Gasteiger partial charge >= 0.3 is 6.09 Å². The number of nitrogens with zero attached hydrogens (tertiary/aromatic N) is 5. The fourth-order valence-corrected chi connectivity index (χ4v) is 1.94. The summed E-state index contributed by atoms with van der Waals surface area (Å²) in [4.78, 5) is 23.3. The minimum atomic E-state index is -0.463. The molecule has 1 fully saturated rings. The number of non-ortho nitro benzene ring substituents is 1. The molecule has 9 nitrogen and oxygen atoms in total. The molecule has 0 spiro atoms. The quantitative estimate of drug-likeness (QED) is 0.483. The van der Waals surface area contributed by atoms with E-state index in [0.717, 1.165) is 0 Å². The van der Waals surface area contributed by atoms with Crippen LogP contribution in [0.2, 0.25) is 0 Å². The molecule has 0 unspecified atom stereocenters. The Hall–Kier alpha value is -2.71. The molecular weight excluding hydrogens is 290 g/mol. The molecule has 0 N–H and O–H groups in total. The second kappa shape index (κ2) is 7.34. The van der Waals surface area contributed by atoms with Crippen LogP contribution in [-0.2, 0) is 4.74 Å². The Balaban J connectivity index is 1.85. The largest absolute Gasteiger partial charge is 0.450 e. The lowest BCUT2D eigenvalue weighted by molar-refractivity contribution is -0.384. The van der Waals surface area contributed by atoms with Crippen LogP contribution in [0, 0.1) is 10.1 Å². The van der Waals surface area contributed by atoms with E-state index in [1.807, 2.05) is 0 Å². The van der Waals surface area contributed by atoms with E-state index < -0.39 is 4.92 Å². The summed E-state index contributed by atoms with van der Waals surface area (Å²) in [6.07, 6.45) is -0.311. The molecule has 1 aromatic rings. The van der Waals surface area contributed by atoms with Crippen LogP contribution < -0.4 is 0 Å².